The summed E-state index contributed by atoms with van der Waals surface area (Å²) in [6.07, 6.45) is 9.00. The van der Waals surface area contributed by atoms with Gasteiger partial charge in [0.25, 0.3) is 0 Å². The molecule has 0 aromatic carbocycles. The van der Waals surface area contributed by atoms with Crippen molar-refractivity contribution in [2.75, 3.05) is 0 Å². The Balaban J connectivity index is 1.85. The van der Waals surface area contributed by atoms with E-state index in [0.29, 0.717) is 6.04 Å². The maximum Gasteiger partial charge on any atom is 0.0390 e. The topological polar surface area (TPSA) is 38.0 Å². The van der Waals surface area contributed by atoms with Crippen molar-refractivity contribution in [2.45, 2.75) is 38.1 Å². The zero-order valence-corrected chi connectivity index (χ0v) is 8.21. The Morgan fingerprint density at radius 2 is 2.31 bits per heavy atom. The lowest BCUT2D eigenvalue weighted by Crippen LogP contribution is -2.35. The van der Waals surface area contributed by atoms with Gasteiger partial charge in [0.05, 0.1) is 0 Å². The molecular weight excluding hydrogens is 160 g/mol. The van der Waals surface area contributed by atoms with Gasteiger partial charge in [-0.1, -0.05) is 12.5 Å². The minimum Gasteiger partial charge on any atom is -0.271 e. The van der Waals surface area contributed by atoms with Crippen molar-refractivity contribution >= 4 is 0 Å². The summed E-state index contributed by atoms with van der Waals surface area (Å²) in [6.45, 7) is 3.79. The van der Waals surface area contributed by atoms with Crippen LogP contribution in [-0.4, -0.2) is 6.04 Å². The molecule has 0 saturated heterocycles. The van der Waals surface area contributed by atoms with E-state index in [2.05, 4.69) is 12.0 Å². The summed E-state index contributed by atoms with van der Waals surface area (Å²) < 4.78 is 0. The summed E-state index contributed by atoms with van der Waals surface area (Å²) >= 11 is 0. The van der Waals surface area contributed by atoms with Crippen LogP contribution in [-0.2, 0) is 0 Å². The van der Waals surface area contributed by atoms with Crippen LogP contribution in [0.2, 0.25) is 0 Å². The first-order valence-electron chi connectivity index (χ1n) is 5.42. The molecule has 0 aliphatic heterocycles. The lowest BCUT2D eigenvalue weighted by Gasteiger charge is -2.24. The predicted octanol–water partition coefficient (Wildman–Crippen LogP) is 1.83. The molecule has 0 aromatic rings. The molecule has 0 radical (unpaired) electrons. The highest BCUT2D eigenvalue weighted by atomic mass is 15.2. The van der Waals surface area contributed by atoms with E-state index in [0.717, 1.165) is 17.8 Å². The maximum atomic E-state index is 5.44. The van der Waals surface area contributed by atoms with Gasteiger partial charge in [-0.25, -0.2) is 0 Å². The van der Waals surface area contributed by atoms with E-state index in [4.69, 9.17) is 5.84 Å². The van der Waals surface area contributed by atoms with Crippen molar-refractivity contribution in [3.63, 3.8) is 0 Å². The summed E-state index contributed by atoms with van der Waals surface area (Å²) in [5, 5.41) is 0. The van der Waals surface area contributed by atoms with Crippen molar-refractivity contribution in [3.05, 3.63) is 12.7 Å². The van der Waals surface area contributed by atoms with Gasteiger partial charge in [-0.05, 0) is 43.4 Å². The molecule has 3 N–H and O–H groups in total. The Morgan fingerprint density at radius 1 is 1.46 bits per heavy atom. The van der Waals surface area contributed by atoms with Gasteiger partial charge >= 0.3 is 0 Å². The molecular formula is C11H20N2. The van der Waals surface area contributed by atoms with Crippen LogP contribution in [0, 0.1) is 17.8 Å². The number of fused-ring (bicyclic) bond motifs is 2. The van der Waals surface area contributed by atoms with E-state index in [9.17, 15) is 0 Å². The molecule has 74 valence electrons. The molecule has 2 heteroatoms. The van der Waals surface area contributed by atoms with E-state index >= 15 is 0 Å². The highest BCUT2D eigenvalue weighted by Crippen LogP contribution is 2.49. The smallest absolute Gasteiger partial charge is 0.0390 e. The Morgan fingerprint density at radius 3 is 2.77 bits per heavy atom. The van der Waals surface area contributed by atoms with Crippen LogP contribution in [0.15, 0.2) is 12.7 Å². The number of rotatable bonds is 4. The molecule has 0 aromatic heterocycles. The molecule has 2 rings (SSSR count). The van der Waals surface area contributed by atoms with Gasteiger partial charge < -0.3 is 0 Å². The van der Waals surface area contributed by atoms with Crippen molar-refractivity contribution in [2.24, 2.45) is 23.6 Å². The molecule has 0 spiro atoms. The number of nitrogens with one attached hydrogen (secondary N) is 1. The summed E-state index contributed by atoms with van der Waals surface area (Å²) in [6, 6.07) is 0.323. The standard InChI is InChI=1S/C11H20N2/c1-2-11(13-12)7-10-6-8-3-4-9(10)5-8/h2,8-11,13H,1,3-7,12H2. The Hall–Kier alpha value is -0.340. The summed E-state index contributed by atoms with van der Waals surface area (Å²) in [7, 11) is 0. The quantitative estimate of drug-likeness (QED) is 0.393. The minimum atomic E-state index is 0.323. The lowest BCUT2D eigenvalue weighted by atomic mass is 9.84. The highest BCUT2D eigenvalue weighted by molar-refractivity contribution is 4.94. The molecule has 0 heterocycles. The molecule has 0 amide bonds. The second kappa shape index (κ2) is 3.81. The van der Waals surface area contributed by atoms with Crippen LogP contribution in [0.5, 0.6) is 0 Å². The first kappa shape index (κ1) is 9.22. The van der Waals surface area contributed by atoms with E-state index in [1.807, 2.05) is 6.08 Å². The highest BCUT2D eigenvalue weighted by Gasteiger charge is 2.39. The maximum absolute atomic E-state index is 5.44. The zero-order chi connectivity index (χ0) is 9.26. The van der Waals surface area contributed by atoms with E-state index in [1.54, 1.807) is 0 Å². The van der Waals surface area contributed by atoms with Gasteiger partial charge in [0.2, 0.25) is 0 Å². The third-order valence-corrected chi connectivity index (χ3v) is 3.94. The number of nitrogens with two attached hydrogens (primary N) is 1. The van der Waals surface area contributed by atoms with Crippen molar-refractivity contribution in [1.82, 2.24) is 5.43 Å². The van der Waals surface area contributed by atoms with Gasteiger partial charge in [0.15, 0.2) is 0 Å². The molecule has 4 atom stereocenters. The molecule has 2 fully saturated rings. The number of hydrazine groups is 1. The predicted molar refractivity (Wildman–Crippen MR) is 54.9 cm³/mol. The van der Waals surface area contributed by atoms with Crippen molar-refractivity contribution in [1.29, 1.82) is 0 Å². The fourth-order valence-electron chi connectivity index (χ4n) is 3.22. The second-order valence-electron chi connectivity index (χ2n) is 4.68. The molecule has 2 nitrogen and oxygen atoms in total. The average Bonchev–Trinajstić information content (AvgIpc) is 2.75. The Labute approximate surface area is 80.5 Å². The Kier molecular flexibility index (Phi) is 2.70. The van der Waals surface area contributed by atoms with Gasteiger partial charge in [0.1, 0.15) is 0 Å². The van der Waals surface area contributed by atoms with E-state index < -0.39 is 0 Å². The van der Waals surface area contributed by atoms with Crippen LogP contribution in [0.4, 0.5) is 0 Å². The van der Waals surface area contributed by atoms with Gasteiger partial charge in [-0.2, -0.15) is 0 Å². The van der Waals surface area contributed by atoms with Gasteiger partial charge in [-0.3, -0.25) is 11.3 Å². The first-order chi connectivity index (χ1) is 6.33. The zero-order valence-electron chi connectivity index (χ0n) is 8.21. The molecule has 2 bridgehead atoms. The molecule has 13 heavy (non-hydrogen) atoms. The lowest BCUT2D eigenvalue weighted by molar-refractivity contribution is 0.294. The largest absolute Gasteiger partial charge is 0.271 e. The SMILES string of the molecule is C=CC(CC1CC2CCC1C2)NN. The van der Waals surface area contributed by atoms with Crippen LogP contribution in [0.25, 0.3) is 0 Å². The number of hydrogen-bond donors (Lipinski definition) is 2. The summed E-state index contributed by atoms with van der Waals surface area (Å²) in [4.78, 5) is 0. The van der Waals surface area contributed by atoms with Crippen LogP contribution in [0.3, 0.4) is 0 Å². The third kappa shape index (κ3) is 1.79. The molecule has 2 aliphatic rings. The van der Waals surface area contributed by atoms with Crippen molar-refractivity contribution < 1.29 is 0 Å². The third-order valence-electron chi connectivity index (χ3n) is 3.94. The first-order valence-corrected chi connectivity index (χ1v) is 5.42. The summed E-state index contributed by atoms with van der Waals surface area (Å²) in [5.74, 6) is 8.39. The average molecular weight is 180 g/mol. The second-order valence-corrected chi connectivity index (χ2v) is 4.68. The fourth-order valence-corrected chi connectivity index (χ4v) is 3.22. The van der Waals surface area contributed by atoms with E-state index in [-0.39, 0.29) is 0 Å². The van der Waals surface area contributed by atoms with Crippen LogP contribution >= 0.6 is 0 Å². The van der Waals surface area contributed by atoms with Crippen LogP contribution in [0.1, 0.15) is 32.1 Å². The molecule has 4 unspecified atom stereocenters. The summed E-state index contributed by atoms with van der Waals surface area (Å²) in [5.41, 5.74) is 2.82. The normalized spacial score (nSPS) is 39.3. The monoisotopic (exact) mass is 180 g/mol. The van der Waals surface area contributed by atoms with E-state index in [1.165, 1.54) is 32.1 Å². The van der Waals surface area contributed by atoms with Gasteiger partial charge in [0, 0.05) is 6.04 Å². The molecule has 2 aliphatic carbocycles. The van der Waals surface area contributed by atoms with Gasteiger partial charge in [-0.15, -0.1) is 6.58 Å². The minimum absolute atomic E-state index is 0.323. The van der Waals surface area contributed by atoms with Crippen LogP contribution < -0.4 is 11.3 Å². The fraction of sp³-hybridized carbons (Fsp3) is 0.818. The Bertz CT molecular complexity index is 191. The molecule has 2 saturated carbocycles. The number of hydrogen-bond acceptors (Lipinski definition) is 2. The van der Waals surface area contributed by atoms with Crippen molar-refractivity contribution in [3.8, 4) is 0 Å².